The van der Waals surface area contributed by atoms with Gasteiger partial charge in [0.15, 0.2) is 5.65 Å². The van der Waals surface area contributed by atoms with Crippen LogP contribution in [-0.4, -0.2) is 45.2 Å². The smallest absolute Gasteiger partial charge is 0.280 e. The molecule has 6 nitrogen and oxygen atoms in total. The number of hydrogen-bond acceptors (Lipinski definition) is 5. The van der Waals surface area contributed by atoms with Crippen molar-refractivity contribution in [1.29, 1.82) is 0 Å². The van der Waals surface area contributed by atoms with Crippen molar-refractivity contribution in [2.75, 3.05) is 24.5 Å². The number of anilines is 1. The molecular weight excluding hydrogens is 436 g/mol. The van der Waals surface area contributed by atoms with Gasteiger partial charge in [-0.05, 0) is 43.3 Å². The maximum absolute atomic E-state index is 14.7. The van der Waals surface area contributed by atoms with Crippen LogP contribution in [0.15, 0.2) is 48.7 Å². The van der Waals surface area contributed by atoms with E-state index in [1.807, 2.05) is 6.07 Å². The molecule has 33 heavy (non-hydrogen) atoms. The van der Waals surface area contributed by atoms with Gasteiger partial charge in [0.25, 0.3) is 6.43 Å². The summed E-state index contributed by atoms with van der Waals surface area (Å²) in [6.45, 7) is 4.43. The summed E-state index contributed by atoms with van der Waals surface area (Å²) in [5.74, 6) is -0.708. The summed E-state index contributed by atoms with van der Waals surface area (Å²) in [6, 6.07) is 9.71. The van der Waals surface area contributed by atoms with E-state index in [0.717, 1.165) is 31.8 Å². The Morgan fingerprint density at radius 2 is 1.91 bits per heavy atom. The molecule has 10 heteroatoms. The second-order valence-corrected chi connectivity index (χ2v) is 7.89. The maximum atomic E-state index is 14.7. The number of pyridine rings is 2. The highest BCUT2D eigenvalue weighted by molar-refractivity contribution is 5.81. The average Bonchev–Trinajstić information content (AvgIpc) is 3.17. The molecule has 1 saturated heterocycles. The lowest BCUT2D eigenvalue weighted by atomic mass is 10.2. The van der Waals surface area contributed by atoms with Crippen molar-refractivity contribution in [3.8, 4) is 17.1 Å². The predicted octanol–water partition coefficient (Wildman–Crippen LogP) is 4.50. The molecule has 170 valence electrons. The van der Waals surface area contributed by atoms with Crippen LogP contribution < -0.4 is 10.2 Å². The number of piperazine rings is 1. The summed E-state index contributed by atoms with van der Waals surface area (Å²) >= 11 is 0. The number of nitrogens with zero attached hydrogens (tertiary/aromatic N) is 5. The van der Waals surface area contributed by atoms with Gasteiger partial charge in [-0.3, -0.25) is 9.55 Å². The topological polar surface area (TPSA) is 58.9 Å². The standard InChI is InChI=1S/C23H20F4N6/c1-13-12-28-8-9-32(13)20-5-4-18-23(31-20)33(15-6-7-29-19(11-15)21(26)27)22(30-18)16-3-2-14(24)10-17(16)25/h2-7,10-11,13,21,28H,8-9,12H2,1H3. The molecule has 4 aromatic rings. The van der Waals surface area contributed by atoms with Crippen LogP contribution in [0.1, 0.15) is 19.0 Å². The fourth-order valence-corrected chi connectivity index (χ4v) is 4.08. The lowest BCUT2D eigenvalue weighted by molar-refractivity contribution is 0.146. The fraction of sp³-hybridized carbons (Fsp3) is 0.261. The first-order valence-corrected chi connectivity index (χ1v) is 10.5. The number of benzene rings is 1. The highest BCUT2D eigenvalue weighted by Crippen LogP contribution is 2.32. The van der Waals surface area contributed by atoms with Crippen molar-refractivity contribution in [2.24, 2.45) is 0 Å². The third kappa shape index (κ3) is 3.91. The summed E-state index contributed by atoms with van der Waals surface area (Å²) in [6.07, 6.45) is -1.52. The molecule has 0 saturated carbocycles. The van der Waals surface area contributed by atoms with Crippen molar-refractivity contribution < 1.29 is 17.6 Å². The van der Waals surface area contributed by atoms with E-state index in [9.17, 15) is 17.6 Å². The highest BCUT2D eigenvalue weighted by atomic mass is 19.3. The van der Waals surface area contributed by atoms with Gasteiger partial charge in [0.2, 0.25) is 0 Å². The van der Waals surface area contributed by atoms with Gasteiger partial charge < -0.3 is 10.2 Å². The van der Waals surface area contributed by atoms with E-state index in [1.54, 1.807) is 6.07 Å². The monoisotopic (exact) mass is 456 g/mol. The number of imidazole rings is 1. The Bertz CT molecular complexity index is 1320. The number of hydrogen-bond donors (Lipinski definition) is 1. The Morgan fingerprint density at radius 1 is 1.06 bits per heavy atom. The summed E-state index contributed by atoms with van der Waals surface area (Å²) < 4.78 is 56.5. The molecule has 0 radical (unpaired) electrons. The van der Waals surface area contributed by atoms with Gasteiger partial charge in [-0.15, -0.1) is 0 Å². The summed E-state index contributed by atoms with van der Waals surface area (Å²) in [7, 11) is 0. The van der Waals surface area contributed by atoms with Gasteiger partial charge in [-0.2, -0.15) is 0 Å². The lowest BCUT2D eigenvalue weighted by Crippen LogP contribution is -2.50. The first-order valence-electron chi connectivity index (χ1n) is 10.5. The quantitative estimate of drug-likeness (QED) is 0.459. The van der Waals surface area contributed by atoms with E-state index < -0.39 is 23.8 Å². The van der Waals surface area contributed by atoms with Crippen LogP contribution in [0.4, 0.5) is 23.4 Å². The predicted molar refractivity (Wildman–Crippen MR) is 117 cm³/mol. The van der Waals surface area contributed by atoms with E-state index in [0.29, 0.717) is 22.7 Å². The van der Waals surface area contributed by atoms with Crippen molar-refractivity contribution in [1.82, 2.24) is 24.8 Å². The van der Waals surface area contributed by atoms with Crippen molar-refractivity contribution >= 4 is 17.0 Å². The maximum Gasteiger partial charge on any atom is 0.280 e. The molecule has 0 spiro atoms. The van der Waals surface area contributed by atoms with Crippen LogP contribution in [0.2, 0.25) is 0 Å². The molecular formula is C23H20F4N6. The second-order valence-electron chi connectivity index (χ2n) is 7.89. The molecule has 1 atom stereocenters. The van der Waals surface area contributed by atoms with E-state index in [-0.39, 0.29) is 17.4 Å². The lowest BCUT2D eigenvalue weighted by Gasteiger charge is -2.34. The Balaban J connectivity index is 1.75. The molecule has 0 amide bonds. The molecule has 0 bridgehead atoms. The van der Waals surface area contributed by atoms with Gasteiger partial charge in [0, 0.05) is 37.9 Å². The van der Waals surface area contributed by atoms with Crippen LogP contribution in [0.25, 0.3) is 28.2 Å². The Morgan fingerprint density at radius 3 is 2.67 bits per heavy atom. The van der Waals surface area contributed by atoms with Crippen LogP contribution in [0.3, 0.4) is 0 Å². The van der Waals surface area contributed by atoms with Gasteiger partial charge >= 0.3 is 0 Å². The van der Waals surface area contributed by atoms with Gasteiger partial charge in [0.1, 0.15) is 34.5 Å². The molecule has 1 fully saturated rings. The normalized spacial score (nSPS) is 16.7. The number of aromatic nitrogens is 4. The Kier molecular flexibility index (Phi) is 5.45. The van der Waals surface area contributed by atoms with Crippen LogP contribution in [-0.2, 0) is 0 Å². The zero-order valence-electron chi connectivity index (χ0n) is 17.6. The van der Waals surface area contributed by atoms with Gasteiger partial charge in [-0.1, -0.05) is 0 Å². The van der Waals surface area contributed by atoms with Crippen LogP contribution in [0, 0.1) is 11.6 Å². The summed E-state index contributed by atoms with van der Waals surface area (Å²) in [5, 5.41) is 3.32. The second kappa shape index (κ2) is 8.43. The molecule has 1 N–H and O–H groups in total. The van der Waals surface area contributed by atoms with E-state index in [1.165, 1.54) is 29.0 Å². The third-order valence-corrected chi connectivity index (χ3v) is 5.70. The van der Waals surface area contributed by atoms with Crippen LogP contribution >= 0.6 is 0 Å². The first kappa shape index (κ1) is 21.3. The molecule has 4 heterocycles. The molecule has 1 aliphatic rings. The molecule has 1 aromatic carbocycles. The van der Waals surface area contributed by atoms with Crippen molar-refractivity contribution in [3.63, 3.8) is 0 Å². The van der Waals surface area contributed by atoms with Crippen molar-refractivity contribution in [2.45, 2.75) is 19.4 Å². The highest BCUT2D eigenvalue weighted by Gasteiger charge is 2.23. The van der Waals surface area contributed by atoms with E-state index in [2.05, 4.69) is 27.1 Å². The Labute approximate surface area is 186 Å². The first-order chi connectivity index (χ1) is 15.9. The number of fused-ring (bicyclic) bond motifs is 1. The zero-order valence-corrected chi connectivity index (χ0v) is 17.6. The molecule has 3 aromatic heterocycles. The zero-order chi connectivity index (χ0) is 23.1. The number of nitrogens with one attached hydrogen (secondary N) is 1. The van der Waals surface area contributed by atoms with E-state index >= 15 is 0 Å². The van der Waals surface area contributed by atoms with Crippen molar-refractivity contribution in [3.05, 3.63) is 66.0 Å². The minimum Gasteiger partial charge on any atom is -0.351 e. The van der Waals surface area contributed by atoms with Crippen LogP contribution in [0.5, 0.6) is 0 Å². The average molecular weight is 456 g/mol. The Hall–Kier alpha value is -3.53. The molecule has 1 unspecified atom stereocenters. The number of halogens is 4. The summed E-state index contributed by atoms with van der Waals surface area (Å²) in [4.78, 5) is 15.2. The van der Waals surface area contributed by atoms with Gasteiger partial charge in [0.05, 0.1) is 11.3 Å². The third-order valence-electron chi connectivity index (χ3n) is 5.70. The van der Waals surface area contributed by atoms with E-state index in [4.69, 9.17) is 4.98 Å². The minimum absolute atomic E-state index is 0.0295. The number of rotatable bonds is 4. The summed E-state index contributed by atoms with van der Waals surface area (Å²) in [5.41, 5.74) is 0.743. The molecule has 5 rings (SSSR count). The molecule has 0 aliphatic carbocycles. The minimum atomic E-state index is -2.78. The molecule has 1 aliphatic heterocycles. The fourth-order valence-electron chi connectivity index (χ4n) is 4.08. The largest absolute Gasteiger partial charge is 0.351 e. The number of alkyl halides is 2. The SMILES string of the molecule is CC1CNCCN1c1ccc2nc(-c3ccc(F)cc3F)n(-c3ccnc(C(F)F)c3)c2n1. The van der Waals surface area contributed by atoms with Gasteiger partial charge in [-0.25, -0.2) is 27.5 Å².